The number of hydrogen-bond donors (Lipinski definition) is 3. The lowest BCUT2D eigenvalue weighted by atomic mass is 10.3. The van der Waals surface area contributed by atoms with Gasteiger partial charge < -0.3 is 10.6 Å². The quantitative estimate of drug-likeness (QED) is 0.533. The van der Waals surface area contributed by atoms with E-state index < -0.39 is 10.0 Å². The molecule has 7 nitrogen and oxygen atoms in total. The SMILES string of the molecule is Cc1cnn(CCCNC(=S)Nc2ccc(S(N)(=O)=O)cc2)c1. The number of hydrogen-bond acceptors (Lipinski definition) is 4. The second kappa shape index (κ2) is 7.53. The van der Waals surface area contributed by atoms with E-state index in [0.717, 1.165) is 18.5 Å². The Bertz CT molecular complexity index is 769. The monoisotopic (exact) mass is 353 g/mol. The van der Waals surface area contributed by atoms with E-state index in [1.807, 2.05) is 24.0 Å². The maximum Gasteiger partial charge on any atom is 0.238 e. The third-order valence-electron chi connectivity index (χ3n) is 3.05. The van der Waals surface area contributed by atoms with Gasteiger partial charge in [-0.1, -0.05) is 0 Å². The Morgan fingerprint density at radius 1 is 1.35 bits per heavy atom. The zero-order valence-corrected chi connectivity index (χ0v) is 14.3. The highest BCUT2D eigenvalue weighted by molar-refractivity contribution is 7.89. The number of aromatic nitrogens is 2. The minimum Gasteiger partial charge on any atom is -0.362 e. The molecule has 23 heavy (non-hydrogen) atoms. The summed E-state index contributed by atoms with van der Waals surface area (Å²) in [4.78, 5) is 0.0662. The van der Waals surface area contributed by atoms with E-state index in [2.05, 4.69) is 15.7 Å². The second-order valence-electron chi connectivity index (χ2n) is 5.08. The minimum absolute atomic E-state index is 0.0662. The van der Waals surface area contributed by atoms with Crippen LogP contribution in [-0.4, -0.2) is 29.9 Å². The zero-order valence-electron chi connectivity index (χ0n) is 12.7. The van der Waals surface area contributed by atoms with Gasteiger partial charge in [0, 0.05) is 25.0 Å². The molecular weight excluding hydrogens is 334 g/mol. The van der Waals surface area contributed by atoms with E-state index in [-0.39, 0.29) is 4.90 Å². The highest BCUT2D eigenvalue weighted by Gasteiger charge is 2.07. The van der Waals surface area contributed by atoms with Gasteiger partial charge in [0.2, 0.25) is 10.0 Å². The van der Waals surface area contributed by atoms with Gasteiger partial charge in [0.1, 0.15) is 0 Å². The molecule has 124 valence electrons. The van der Waals surface area contributed by atoms with Crippen LogP contribution in [0.2, 0.25) is 0 Å². The van der Waals surface area contributed by atoms with Crippen LogP contribution in [0.3, 0.4) is 0 Å². The second-order valence-corrected chi connectivity index (χ2v) is 7.05. The van der Waals surface area contributed by atoms with Gasteiger partial charge in [-0.15, -0.1) is 0 Å². The Hall–Kier alpha value is -1.97. The van der Waals surface area contributed by atoms with E-state index in [9.17, 15) is 8.42 Å². The van der Waals surface area contributed by atoms with Crippen LogP contribution in [0.5, 0.6) is 0 Å². The first kappa shape index (κ1) is 17.4. The summed E-state index contributed by atoms with van der Waals surface area (Å²) in [5, 5.41) is 15.8. The van der Waals surface area contributed by atoms with Crippen LogP contribution in [0.15, 0.2) is 41.6 Å². The highest BCUT2D eigenvalue weighted by Crippen LogP contribution is 2.12. The van der Waals surface area contributed by atoms with Crippen LogP contribution in [0, 0.1) is 6.92 Å². The van der Waals surface area contributed by atoms with E-state index in [1.54, 1.807) is 12.1 Å². The van der Waals surface area contributed by atoms with Crippen molar-refractivity contribution in [3.63, 3.8) is 0 Å². The number of nitrogens with two attached hydrogens (primary N) is 1. The maximum absolute atomic E-state index is 11.2. The molecule has 2 aromatic rings. The number of thiocarbonyl (C=S) groups is 1. The van der Waals surface area contributed by atoms with Gasteiger partial charge in [0.15, 0.2) is 5.11 Å². The molecule has 9 heteroatoms. The molecule has 0 amide bonds. The standard InChI is InChI=1S/C14H19N5O2S2/c1-11-9-17-19(10-11)8-2-7-16-14(22)18-12-3-5-13(6-4-12)23(15,20)21/h3-6,9-10H,2,7-8H2,1H3,(H2,15,20,21)(H2,16,18,22). The van der Waals surface area contributed by atoms with Crippen molar-refractivity contribution in [2.75, 3.05) is 11.9 Å². The molecule has 4 N–H and O–H groups in total. The van der Waals surface area contributed by atoms with Crippen LogP contribution in [0.25, 0.3) is 0 Å². The van der Waals surface area contributed by atoms with Gasteiger partial charge in [-0.05, 0) is 55.4 Å². The molecule has 0 aliphatic heterocycles. The molecule has 0 atom stereocenters. The van der Waals surface area contributed by atoms with Crippen molar-refractivity contribution in [3.8, 4) is 0 Å². The van der Waals surface area contributed by atoms with E-state index in [0.29, 0.717) is 17.3 Å². The normalized spacial score (nSPS) is 11.2. The minimum atomic E-state index is -3.67. The first-order chi connectivity index (χ1) is 10.8. The van der Waals surface area contributed by atoms with Gasteiger partial charge in [-0.2, -0.15) is 5.10 Å². The lowest BCUT2D eigenvalue weighted by Gasteiger charge is -2.11. The molecule has 0 bridgehead atoms. The predicted molar refractivity (Wildman–Crippen MR) is 93.6 cm³/mol. The first-order valence-electron chi connectivity index (χ1n) is 7.01. The molecule has 0 spiro atoms. The van der Waals surface area contributed by atoms with Gasteiger partial charge in [0.25, 0.3) is 0 Å². The third kappa shape index (κ3) is 5.62. The number of benzene rings is 1. The molecular formula is C14H19N5O2S2. The fourth-order valence-corrected chi connectivity index (χ4v) is 2.67. The topological polar surface area (TPSA) is 102 Å². The Labute approximate surface area is 140 Å². The number of nitrogens with one attached hydrogen (secondary N) is 2. The molecule has 1 heterocycles. The van der Waals surface area contributed by atoms with Crippen LogP contribution < -0.4 is 15.8 Å². The number of anilines is 1. The number of rotatable bonds is 6. The zero-order chi connectivity index (χ0) is 16.9. The number of nitrogens with zero attached hydrogens (tertiary/aromatic N) is 2. The van der Waals surface area contributed by atoms with Gasteiger partial charge in [-0.25, -0.2) is 13.6 Å². The molecule has 1 aromatic carbocycles. The molecule has 0 unspecified atom stereocenters. The number of aryl methyl sites for hydroxylation is 2. The summed E-state index contributed by atoms with van der Waals surface area (Å²) in [6.45, 7) is 3.52. The fourth-order valence-electron chi connectivity index (χ4n) is 1.94. The summed E-state index contributed by atoms with van der Waals surface area (Å²) in [5.74, 6) is 0. The van der Waals surface area contributed by atoms with E-state index in [1.165, 1.54) is 12.1 Å². The highest BCUT2D eigenvalue weighted by atomic mass is 32.2. The molecule has 0 saturated carbocycles. The number of sulfonamides is 1. The molecule has 0 saturated heterocycles. The van der Waals surface area contributed by atoms with E-state index >= 15 is 0 Å². The first-order valence-corrected chi connectivity index (χ1v) is 8.97. The molecule has 2 rings (SSSR count). The van der Waals surface area contributed by atoms with Crippen molar-refractivity contribution >= 4 is 33.0 Å². The third-order valence-corrected chi connectivity index (χ3v) is 4.23. The molecule has 0 radical (unpaired) electrons. The summed E-state index contributed by atoms with van der Waals surface area (Å²) in [5.41, 5.74) is 1.83. The molecule has 1 aromatic heterocycles. The average molecular weight is 353 g/mol. The van der Waals surface area contributed by atoms with Crippen molar-refractivity contribution < 1.29 is 8.42 Å². The summed E-state index contributed by atoms with van der Waals surface area (Å²) in [7, 11) is -3.67. The van der Waals surface area contributed by atoms with Crippen molar-refractivity contribution in [1.29, 1.82) is 0 Å². The van der Waals surface area contributed by atoms with Gasteiger partial charge in [-0.3, -0.25) is 4.68 Å². The Balaban J connectivity index is 1.74. The van der Waals surface area contributed by atoms with Gasteiger partial charge >= 0.3 is 0 Å². The summed E-state index contributed by atoms with van der Waals surface area (Å²) in [6.07, 6.45) is 4.70. The molecule has 0 aliphatic carbocycles. The van der Waals surface area contributed by atoms with Crippen molar-refractivity contribution in [2.24, 2.45) is 5.14 Å². The predicted octanol–water partition coefficient (Wildman–Crippen LogP) is 1.22. The van der Waals surface area contributed by atoms with Crippen LogP contribution in [-0.2, 0) is 16.6 Å². The van der Waals surface area contributed by atoms with E-state index in [4.69, 9.17) is 17.4 Å². The van der Waals surface area contributed by atoms with Gasteiger partial charge in [0.05, 0.1) is 11.1 Å². The number of primary sulfonamides is 1. The van der Waals surface area contributed by atoms with Crippen LogP contribution in [0.4, 0.5) is 5.69 Å². The smallest absolute Gasteiger partial charge is 0.238 e. The maximum atomic E-state index is 11.2. The Morgan fingerprint density at radius 3 is 2.61 bits per heavy atom. The van der Waals surface area contributed by atoms with Crippen molar-refractivity contribution in [3.05, 3.63) is 42.2 Å². The van der Waals surface area contributed by atoms with Crippen molar-refractivity contribution in [1.82, 2.24) is 15.1 Å². The summed E-state index contributed by atoms with van der Waals surface area (Å²) in [6, 6.07) is 6.08. The summed E-state index contributed by atoms with van der Waals surface area (Å²) < 4.78 is 24.2. The largest absolute Gasteiger partial charge is 0.362 e. The Morgan fingerprint density at radius 2 is 2.04 bits per heavy atom. The fraction of sp³-hybridized carbons (Fsp3) is 0.286. The molecule has 0 fully saturated rings. The van der Waals surface area contributed by atoms with Crippen LogP contribution >= 0.6 is 12.2 Å². The lowest BCUT2D eigenvalue weighted by Crippen LogP contribution is -2.29. The average Bonchev–Trinajstić information content (AvgIpc) is 2.89. The lowest BCUT2D eigenvalue weighted by molar-refractivity contribution is 0.573. The van der Waals surface area contributed by atoms with Crippen molar-refractivity contribution in [2.45, 2.75) is 24.8 Å². The summed E-state index contributed by atoms with van der Waals surface area (Å²) >= 11 is 5.19. The Kier molecular flexibility index (Phi) is 5.69. The molecule has 0 aliphatic rings. The van der Waals surface area contributed by atoms with Crippen LogP contribution in [0.1, 0.15) is 12.0 Å².